The van der Waals surface area contributed by atoms with E-state index in [0.717, 1.165) is 25.9 Å². The van der Waals surface area contributed by atoms with E-state index in [0.29, 0.717) is 12.4 Å². The SMILES string of the molecule is CN1CCC(C)(CNC(=O)c2cncc(NN)n2)CC1. The molecule has 0 aromatic carbocycles. The van der Waals surface area contributed by atoms with Crippen molar-refractivity contribution in [3.63, 3.8) is 0 Å². The molecule has 7 nitrogen and oxygen atoms in total. The van der Waals surface area contributed by atoms with Crippen LogP contribution in [0.15, 0.2) is 12.4 Å². The van der Waals surface area contributed by atoms with Crippen LogP contribution in [-0.2, 0) is 0 Å². The number of hydrazine groups is 1. The van der Waals surface area contributed by atoms with E-state index < -0.39 is 0 Å². The quantitative estimate of drug-likeness (QED) is 0.539. The number of hydrogen-bond donors (Lipinski definition) is 3. The van der Waals surface area contributed by atoms with E-state index in [-0.39, 0.29) is 17.0 Å². The van der Waals surface area contributed by atoms with Crippen LogP contribution in [0, 0.1) is 5.41 Å². The number of rotatable bonds is 4. The molecule has 0 atom stereocenters. The Kier molecular flexibility index (Phi) is 4.51. The van der Waals surface area contributed by atoms with Crippen molar-refractivity contribution in [1.29, 1.82) is 0 Å². The van der Waals surface area contributed by atoms with E-state index in [2.05, 4.69) is 39.6 Å². The molecule has 1 aliphatic heterocycles. The fourth-order valence-electron chi connectivity index (χ4n) is 2.26. The van der Waals surface area contributed by atoms with Crippen LogP contribution in [0.4, 0.5) is 5.82 Å². The highest BCUT2D eigenvalue weighted by molar-refractivity contribution is 5.92. The van der Waals surface area contributed by atoms with Gasteiger partial charge in [-0.25, -0.2) is 10.8 Å². The molecule has 0 bridgehead atoms. The summed E-state index contributed by atoms with van der Waals surface area (Å²) < 4.78 is 0. The maximum atomic E-state index is 12.1. The van der Waals surface area contributed by atoms with Crippen LogP contribution in [0.3, 0.4) is 0 Å². The summed E-state index contributed by atoms with van der Waals surface area (Å²) in [6.07, 6.45) is 5.07. The monoisotopic (exact) mass is 278 g/mol. The van der Waals surface area contributed by atoms with Crippen LogP contribution in [0.25, 0.3) is 0 Å². The van der Waals surface area contributed by atoms with Crippen LogP contribution in [0.5, 0.6) is 0 Å². The Bertz CT molecular complexity index is 470. The van der Waals surface area contributed by atoms with Gasteiger partial charge in [0.15, 0.2) is 5.82 Å². The Morgan fingerprint density at radius 1 is 1.45 bits per heavy atom. The highest BCUT2D eigenvalue weighted by Gasteiger charge is 2.29. The molecule has 110 valence electrons. The highest BCUT2D eigenvalue weighted by atomic mass is 16.1. The number of amides is 1. The summed E-state index contributed by atoms with van der Waals surface area (Å²) in [5.41, 5.74) is 2.81. The number of nitrogens with two attached hydrogens (primary N) is 1. The number of carbonyl (C=O) groups is 1. The van der Waals surface area contributed by atoms with Crippen molar-refractivity contribution in [3.8, 4) is 0 Å². The van der Waals surface area contributed by atoms with Gasteiger partial charge >= 0.3 is 0 Å². The van der Waals surface area contributed by atoms with Gasteiger partial charge in [-0.3, -0.25) is 9.78 Å². The van der Waals surface area contributed by atoms with Crippen molar-refractivity contribution in [3.05, 3.63) is 18.1 Å². The Morgan fingerprint density at radius 3 is 2.80 bits per heavy atom. The zero-order valence-corrected chi connectivity index (χ0v) is 12.0. The number of aromatic nitrogens is 2. The molecular formula is C13H22N6O. The molecule has 1 saturated heterocycles. The van der Waals surface area contributed by atoms with E-state index in [1.165, 1.54) is 12.4 Å². The van der Waals surface area contributed by atoms with Crippen molar-refractivity contribution in [2.24, 2.45) is 11.3 Å². The highest BCUT2D eigenvalue weighted by Crippen LogP contribution is 2.29. The lowest BCUT2D eigenvalue weighted by Gasteiger charge is -2.37. The second kappa shape index (κ2) is 6.15. The number of piperidine rings is 1. The van der Waals surface area contributed by atoms with Gasteiger partial charge in [0, 0.05) is 6.54 Å². The molecule has 2 heterocycles. The zero-order valence-electron chi connectivity index (χ0n) is 12.0. The predicted molar refractivity (Wildman–Crippen MR) is 77.0 cm³/mol. The molecule has 20 heavy (non-hydrogen) atoms. The van der Waals surface area contributed by atoms with Gasteiger partial charge in [-0.05, 0) is 38.4 Å². The molecule has 1 aromatic rings. The maximum absolute atomic E-state index is 12.1. The Balaban J connectivity index is 1.91. The van der Waals surface area contributed by atoms with E-state index in [9.17, 15) is 4.79 Å². The number of nitrogens with one attached hydrogen (secondary N) is 2. The Morgan fingerprint density at radius 2 is 2.15 bits per heavy atom. The molecule has 0 aliphatic carbocycles. The molecule has 0 unspecified atom stereocenters. The predicted octanol–water partition coefficient (Wildman–Crippen LogP) is 0.224. The van der Waals surface area contributed by atoms with E-state index in [1.54, 1.807) is 0 Å². The summed E-state index contributed by atoms with van der Waals surface area (Å²) in [7, 11) is 2.12. The molecule has 2 rings (SSSR count). The molecule has 1 aliphatic rings. The van der Waals surface area contributed by atoms with E-state index >= 15 is 0 Å². The molecule has 0 spiro atoms. The molecule has 0 saturated carbocycles. The van der Waals surface area contributed by atoms with Gasteiger partial charge in [-0.1, -0.05) is 6.92 Å². The van der Waals surface area contributed by atoms with Crippen LogP contribution in [-0.4, -0.2) is 47.5 Å². The van der Waals surface area contributed by atoms with Gasteiger partial charge in [0.1, 0.15) is 5.69 Å². The fraction of sp³-hybridized carbons (Fsp3) is 0.615. The van der Waals surface area contributed by atoms with Gasteiger partial charge < -0.3 is 15.6 Å². The van der Waals surface area contributed by atoms with Crippen molar-refractivity contribution in [2.45, 2.75) is 19.8 Å². The molecular weight excluding hydrogens is 256 g/mol. The maximum Gasteiger partial charge on any atom is 0.271 e. The van der Waals surface area contributed by atoms with Crippen LogP contribution >= 0.6 is 0 Å². The summed E-state index contributed by atoms with van der Waals surface area (Å²) >= 11 is 0. The lowest BCUT2D eigenvalue weighted by Crippen LogP contribution is -2.43. The second-order valence-corrected chi connectivity index (χ2v) is 5.73. The average Bonchev–Trinajstić information content (AvgIpc) is 2.48. The largest absolute Gasteiger partial charge is 0.350 e. The minimum absolute atomic E-state index is 0.152. The summed E-state index contributed by atoms with van der Waals surface area (Å²) in [5.74, 6) is 5.42. The number of anilines is 1. The first-order valence-electron chi connectivity index (χ1n) is 6.78. The van der Waals surface area contributed by atoms with Gasteiger partial charge in [0.2, 0.25) is 0 Å². The minimum Gasteiger partial charge on any atom is -0.350 e. The Labute approximate surface area is 118 Å². The molecule has 1 amide bonds. The Hall–Kier alpha value is -1.73. The normalized spacial score (nSPS) is 18.6. The molecule has 1 fully saturated rings. The fourth-order valence-corrected chi connectivity index (χ4v) is 2.26. The van der Waals surface area contributed by atoms with Gasteiger partial charge in [-0.2, -0.15) is 0 Å². The van der Waals surface area contributed by atoms with Gasteiger partial charge in [0.25, 0.3) is 5.91 Å². The number of hydrogen-bond acceptors (Lipinski definition) is 6. The first-order valence-corrected chi connectivity index (χ1v) is 6.78. The van der Waals surface area contributed by atoms with Crippen molar-refractivity contribution >= 4 is 11.7 Å². The lowest BCUT2D eigenvalue weighted by molar-refractivity contribution is 0.0886. The molecule has 1 aromatic heterocycles. The third-order valence-electron chi connectivity index (χ3n) is 3.88. The summed E-state index contributed by atoms with van der Waals surface area (Å²) in [4.78, 5) is 22.4. The van der Waals surface area contributed by atoms with Crippen LogP contribution < -0.4 is 16.6 Å². The van der Waals surface area contributed by atoms with Crippen LogP contribution in [0.2, 0.25) is 0 Å². The topological polar surface area (TPSA) is 96.2 Å². The van der Waals surface area contributed by atoms with E-state index in [4.69, 9.17) is 5.84 Å². The van der Waals surface area contributed by atoms with Gasteiger partial charge in [0.05, 0.1) is 12.4 Å². The van der Waals surface area contributed by atoms with E-state index in [1.807, 2.05) is 0 Å². The molecule has 0 radical (unpaired) electrons. The van der Waals surface area contributed by atoms with Crippen LogP contribution in [0.1, 0.15) is 30.3 Å². The first kappa shape index (κ1) is 14.7. The smallest absolute Gasteiger partial charge is 0.271 e. The number of likely N-dealkylation sites (tertiary alicyclic amines) is 1. The van der Waals surface area contributed by atoms with Gasteiger partial charge in [-0.15, -0.1) is 0 Å². The number of nitrogens with zero attached hydrogens (tertiary/aromatic N) is 3. The average molecular weight is 278 g/mol. The van der Waals surface area contributed by atoms with Crippen molar-refractivity contribution in [1.82, 2.24) is 20.2 Å². The zero-order chi connectivity index (χ0) is 14.6. The lowest BCUT2D eigenvalue weighted by atomic mass is 9.80. The third kappa shape index (κ3) is 3.64. The van der Waals surface area contributed by atoms with Crippen molar-refractivity contribution in [2.75, 3.05) is 32.1 Å². The number of nitrogen functional groups attached to an aromatic ring is 1. The summed E-state index contributed by atoms with van der Waals surface area (Å²) in [6.45, 7) is 5.00. The first-order chi connectivity index (χ1) is 9.52. The standard InChI is InChI=1S/C13H22N6O/c1-13(3-5-19(2)6-4-13)9-16-12(20)10-7-15-8-11(17-10)18-14/h7-8H,3-6,9,14H2,1-2H3,(H,16,20)(H,17,18). The molecule has 7 heteroatoms. The summed E-state index contributed by atoms with van der Waals surface area (Å²) in [5, 5.41) is 2.95. The number of carbonyl (C=O) groups excluding carboxylic acids is 1. The van der Waals surface area contributed by atoms with Crippen molar-refractivity contribution < 1.29 is 4.79 Å². The third-order valence-corrected chi connectivity index (χ3v) is 3.88. The minimum atomic E-state index is -0.213. The summed E-state index contributed by atoms with van der Waals surface area (Å²) in [6, 6.07) is 0. The molecule has 4 N–H and O–H groups in total. The second-order valence-electron chi connectivity index (χ2n) is 5.73.